The van der Waals surface area contributed by atoms with Crippen molar-refractivity contribution in [1.82, 2.24) is 9.03 Å². The summed E-state index contributed by atoms with van der Waals surface area (Å²) in [5.74, 6) is 0.591. The topological polar surface area (TPSA) is 102 Å². The molecule has 0 unspecified atom stereocenters. The van der Waals surface area contributed by atoms with Crippen LogP contribution in [-0.2, 0) is 26.6 Å². The molecule has 0 atom stereocenters. The van der Waals surface area contributed by atoms with Gasteiger partial charge in [0.2, 0.25) is 20.0 Å². The van der Waals surface area contributed by atoms with E-state index in [0.29, 0.717) is 24.4 Å². The largest absolute Gasteiger partial charge is 0.497 e. The van der Waals surface area contributed by atoms with E-state index in [1.54, 1.807) is 18.2 Å². The van der Waals surface area contributed by atoms with Crippen molar-refractivity contribution in [2.75, 3.05) is 27.3 Å². The lowest BCUT2D eigenvalue weighted by Gasteiger charge is -2.16. The molecule has 10 heteroatoms. The van der Waals surface area contributed by atoms with Gasteiger partial charge in [-0.3, -0.25) is 0 Å². The minimum Gasteiger partial charge on any atom is -0.497 e. The highest BCUT2D eigenvalue weighted by molar-refractivity contribution is 7.89. The average Bonchev–Trinajstić information content (AvgIpc) is 3.28. The van der Waals surface area contributed by atoms with Crippen LogP contribution in [0.1, 0.15) is 18.4 Å². The summed E-state index contributed by atoms with van der Waals surface area (Å²) < 4.78 is 64.8. The number of nitrogens with zero attached hydrogens (tertiary/aromatic N) is 1. The molecule has 1 N–H and O–H groups in total. The first-order valence-electron chi connectivity index (χ1n) is 9.09. The van der Waals surface area contributed by atoms with Crippen LogP contribution in [0.15, 0.2) is 52.3 Å². The van der Waals surface area contributed by atoms with Crippen LogP contribution in [0.2, 0.25) is 0 Å². The van der Waals surface area contributed by atoms with Crippen molar-refractivity contribution in [3.8, 4) is 11.5 Å². The van der Waals surface area contributed by atoms with Crippen LogP contribution < -0.4 is 14.2 Å². The van der Waals surface area contributed by atoms with Crippen LogP contribution in [0.5, 0.6) is 11.5 Å². The number of hydrogen-bond donors (Lipinski definition) is 1. The Balaban J connectivity index is 1.74. The predicted octanol–water partition coefficient (Wildman–Crippen LogP) is 1.97. The standard InChI is InChI=1S/C19H24N2O6S2/c1-26-16-7-10-18(27-2)19(13-16)28(22,23)20-14-15-5-8-17(9-6-15)29(24,25)21-11-3-4-12-21/h5-10,13,20H,3-4,11-12,14H2,1-2H3. The summed E-state index contributed by atoms with van der Waals surface area (Å²) in [7, 11) is -4.52. The molecule has 8 nitrogen and oxygen atoms in total. The fourth-order valence-electron chi connectivity index (χ4n) is 3.11. The Morgan fingerprint density at radius 1 is 0.931 bits per heavy atom. The molecule has 2 aromatic rings. The third-order valence-electron chi connectivity index (χ3n) is 4.75. The molecule has 1 saturated heterocycles. The Kier molecular flexibility index (Phi) is 6.47. The maximum atomic E-state index is 12.7. The smallest absolute Gasteiger partial charge is 0.244 e. The number of methoxy groups -OCH3 is 2. The Hall–Kier alpha value is -2.14. The van der Waals surface area contributed by atoms with Gasteiger partial charge in [-0.25, -0.2) is 21.6 Å². The first-order chi connectivity index (χ1) is 13.8. The second-order valence-electron chi connectivity index (χ2n) is 6.60. The molecule has 1 aliphatic heterocycles. The summed E-state index contributed by atoms with van der Waals surface area (Å²) in [6.45, 7) is 1.07. The van der Waals surface area contributed by atoms with Gasteiger partial charge in [0.05, 0.1) is 19.1 Å². The molecule has 1 fully saturated rings. The number of ether oxygens (including phenoxy) is 2. The van der Waals surface area contributed by atoms with Crippen molar-refractivity contribution in [1.29, 1.82) is 0 Å². The van der Waals surface area contributed by atoms with Gasteiger partial charge in [-0.15, -0.1) is 0 Å². The maximum Gasteiger partial charge on any atom is 0.244 e. The zero-order valence-corrected chi connectivity index (χ0v) is 17.9. The third kappa shape index (κ3) is 4.72. The molecule has 0 bridgehead atoms. The normalized spacial score (nSPS) is 15.4. The minimum atomic E-state index is -3.87. The highest BCUT2D eigenvalue weighted by Gasteiger charge is 2.27. The fraction of sp³-hybridized carbons (Fsp3) is 0.368. The first-order valence-corrected chi connectivity index (χ1v) is 12.0. The van der Waals surface area contributed by atoms with E-state index < -0.39 is 20.0 Å². The summed E-state index contributed by atoms with van der Waals surface area (Å²) in [4.78, 5) is 0.174. The number of rotatable bonds is 8. The molecule has 29 heavy (non-hydrogen) atoms. The molecule has 0 saturated carbocycles. The number of benzene rings is 2. The summed E-state index contributed by atoms with van der Waals surface area (Å²) >= 11 is 0. The molecule has 0 amide bonds. The minimum absolute atomic E-state index is 0.00669. The average molecular weight is 441 g/mol. The lowest BCUT2D eigenvalue weighted by molar-refractivity contribution is 0.392. The van der Waals surface area contributed by atoms with Crippen LogP contribution in [0.3, 0.4) is 0 Å². The monoisotopic (exact) mass is 440 g/mol. The molecule has 3 rings (SSSR count). The molecule has 158 valence electrons. The number of nitrogens with one attached hydrogen (secondary N) is 1. The highest BCUT2D eigenvalue weighted by Crippen LogP contribution is 2.28. The van der Waals surface area contributed by atoms with Gasteiger partial charge < -0.3 is 9.47 Å². The summed E-state index contributed by atoms with van der Waals surface area (Å²) in [6.07, 6.45) is 1.74. The van der Waals surface area contributed by atoms with E-state index >= 15 is 0 Å². The van der Waals surface area contributed by atoms with Gasteiger partial charge in [0.25, 0.3) is 0 Å². The maximum absolute atomic E-state index is 12.7. The van der Waals surface area contributed by atoms with Crippen molar-refractivity contribution in [2.24, 2.45) is 0 Å². The second-order valence-corrected chi connectivity index (χ2v) is 10.3. The van der Waals surface area contributed by atoms with Gasteiger partial charge in [-0.05, 0) is 42.7 Å². The first kappa shape index (κ1) is 21.6. The second kappa shape index (κ2) is 8.70. The summed E-state index contributed by atoms with van der Waals surface area (Å²) in [6, 6.07) is 10.7. The van der Waals surface area contributed by atoms with Crippen molar-refractivity contribution in [3.63, 3.8) is 0 Å². The van der Waals surface area contributed by atoms with E-state index in [0.717, 1.165) is 12.8 Å². The SMILES string of the molecule is COc1ccc(OC)c(S(=O)(=O)NCc2ccc(S(=O)(=O)N3CCCC3)cc2)c1. The lowest BCUT2D eigenvalue weighted by atomic mass is 10.2. The third-order valence-corrected chi connectivity index (χ3v) is 8.09. The molecular weight excluding hydrogens is 416 g/mol. The van der Waals surface area contributed by atoms with Crippen LogP contribution in [-0.4, -0.2) is 48.4 Å². The van der Waals surface area contributed by atoms with Gasteiger partial charge in [0, 0.05) is 25.7 Å². The van der Waals surface area contributed by atoms with Gasteiger partial charge in [-0.2, -0.15) is 4.31 Å². The molecule has 2 aromatic carbocycles. The summed E-state index contributed by atoms with van der Waals surface area (Å²) in [5.41, 5.74) is 0.635. The van der Waals surface area contributed by atoms with Gasteiger partial charge in [-0.1, -0.05) is 12.1 Å². The van der Waals surface area contributed by atoms with Crippen LogP contribution >= 0.6 is 0 Å². The van der Waals surface area contributed by atoms with E-state index in [4.69, 9.17) is 9.47 Å². The van der Waals surface area contributed by atoms with E-state index in [1.165, 1.54) is 42.8 Å². The van der Waals surface area contributed by atoms with Gasteiger partial charge in [0.1, 0.15) is 16.4 Å². The van der Waals surface area contributed by atoms with Crippen molar-refractivity contribution >= 4 is 20.0 Å². The zero-order chi connectivity index (χ0) is 21.1. The van der Waals surface area contributed by atoms with Crippen molar-refractivity contribution in [3.05, 3.63) is 48.0 Å². The van der Waals surface area contributed by atoms with E-state index in [1.807, 2.05) is 0 Å². The Bertz CT molecular complexity index is 1060. The molecule has 0 radical (unpaired) electrons. The van der Waals surface area contributed by atoms with Crippen LogP contribution in [0.25, 0.3) is 0 Å². The predicted molar refractivity (Wildman–Crippen MR) is 108 cm³/mol. The molecule has 1 aliphatic rings. The number of hydrogen-bond acceptors (Lipinski definition) is 6. The van der Waals surface area contributed by atoms with Gasteiger partial charge >= 0.3 is 0 Å². The Morgan fingerprint density at radius 3 is 2.17 bits per heavy atom. The van der Waals surface area contributed by atoms with Crippen LogP contribution in [0.4, 0.5) is 0 Å². The Labute approximate surface area is 171 Å². The molecule has 0 spiro atoms. The van der Waals surface area contributed by atoms with Gasteiger partial charge in [0.15, 0.2) is 0 Å². The zero-order valence-electron chi connectivity index (χ0n) is 16.3. The quantitative estimate of drug-likeness (QED) is 0.673. The lowest BCUT2D eigenvalue weighted by Crippen LogP contribution is -2.28. The molecular formula is C19H24N2O6S2. The van der Waals surface area contributed by atoms with E-state index in [-0.39, 0.29) is 22.1 Å². The van der Waals surface area contributed by atoms with Crippen molar-refractivity contribution in [2.45, 2.75) is 29.2 Å². The Morgan fingerprint density at radius 2 is 1.59 bits per heavy atom. The van der Waals surface area contributed by atoms with Crippen LogP contribution in [0, 0.1) is 0 Å². The number of sulfonamides is 2. The van der Waals surface area contributed by atoms with E-state index in [2.05, 4.69) is 4.72 Å². The fourth-order valence-corrected chi connectivity index (χ4v) is 5.82. The van der Waals surface area contributed by atoms with E-state index in [9.17, 15) is 16.8 Å². The highest BCUT2D eigenvalue weighted by atomic mass is 32.2. The van der Waals surface area contributed by atoms with Crippen molar-refractivity contribution < 1.29 is 26.3 Å². The molecule has 0 aromatic heterocycles. The molecule has 0 aliphatic carbocycles. The summed E-state index contributed by atoms with van der Waals surface area (Å²) in [5, 5.41) is 0. The molecule has 1 heterocycles.